The number of fused-ring (bicyclic) bond motifs is 2. The van der Waals surface area contributed by atoms with Crippen LogP contribution in [0.1, 0.15) is 46.6 Å². The van der Waals surface area contributed by atoms with Gasteiger partial charge in [-0.2, -0.15) is 0 Å². The zero-order valence-corrected chi connectivity index (χ0v) is 20.6. The van der Waals surface area contributed by atoms with Crippen LogP contribution < -0.4 is 10.5 Å². The van der Waals surface area contributed by atoms with Gasteiger partial charge in [0.05, 0.1) is 12.1 Å². The molecule has 0 amide bonds. The molecule has 1 aliphatic heterocycles. The standard InChI is InChI=1S/C29H28N6O/c1-18-13-14-23-16-24(29(36)30-26(23)20(18)3)27(35-19(2)15-22-11-7-8-12-25(22)35)28-31-32-33-34(28)17-21-9-5-4-6-10-21/h4-14,16,19,27H,15,17H2,1-3H3,(H,30,36)/t19-,27-/m0/s1. The normalized spacial score (nSPS) is 15.9. The second kappa shape index (κ2) is 8.75. The summed E-state index contributed by atoms with van der Waals surface area (Å²) in [6.07, 6.45) is 0.900. The average molecular weight is 477 g/mol. The zero-order chi connectivity index (χ0) is 24.8. The van der Waals surface area contributed by atoms with Crippen LogP contribution in [0.2, 0.25) is 0 Å². The van der Waals surface area contributed by atoms with Crippen LogP contribution >= 0.6 is 0 Å². The highest BCUT2D eigenvalue weighted by Gasteiger charge is 2.37. The van der Waals surface area contributed by atoms with Gasteiger partial charge in [-0.1, -0.05) is 60.7 Å². The zero-order valence-electron chi connectivity index (χ0n) is 20.6. The van der Waals surface area contributed by atoms with Crippen molar-refractivity contribution in [1.82, 2.24) is 25.2 Å². The first-order valence-corrected chi connectivity index (χ1v) is 12.3. The highest BCUT2D eigenvalue weighted by molar-refractivity contribution is 5.83. The quantitative estimate of drug-likeness (QED) is 0.397. The Morgan fingerprint density at radius 1 is 1.03 bits per heavy atom. The molecule has 5 aromatic rings. The van der Waals surface area contributed by atoms with Crippen molar-refractivity contribution in [3.63, 3.8) is 0 Å². The first kappa shape index (κ1) is 22.2. The van der Waals surface area contributed by atoms with Crippen molar-refractivity contribution >= 4 is 16.6 Å². The Labute approximate surface area is 209 Å². The number of benzene rings is 3. The number of tetrazole rings is 1. The number of rotatable bonds is 5. The number of H-pyrrole nitrogens is 1. The van der Waals surface area contributed by atoms with Gasteiger partial charge >= 0.3 is 0 Å². The maximum absolute atomic E-state index is 13.7. The fourth-order valence-electron chi connectivity index (χ4n) is 5.42. The molecule has 3 heterocycles. The number of aromatic amines is 1. The van der Waals surface area contributed by atoms with Crippen molar-refractivity contribution in [3.05, 3.63) is 117 Å². The summed E-state index contributed by atoms with van der Waals surface area (Å²) in [7, 11) is 0. The molecule has 7 heteroatoms. The van der Waals surface area contributed by atoms with Crippen LogP contribution in [0.3, 0.4) is 0 Å². The Morgan fingerprint density at radius 3 is 2.64 bits per heavy atom. The summed E-state index contributed by atoms with van der Waals surface area (Å²) in [6.45, 7) is 6.82. The van der Waals surface area contributed by atoms with Crippen LogP contribution in [-0.4, -0.2) is 31.2 Å². The van der Waals surface area contributed by atoms with Gasteiger partial charge in [0.15, 0.2) is 5.82 Å². The summed E-state index contributed by atoms with van der Waals surface area (Å²) in [6, 6.07) is 24.4. The maximum Gasteiger partial charge on any atom is 0.254 e. The van der Waals surface area contributed by atoms with E-state index in [9.17, 15) is 4.79 Å². The van der Waals surface area contributed by atoms with Crippen molar-refractivity contribution in [3.8, 4) is 0 Å². The van der Waals surface area contributed by atoms with Crippen LogP contribution in [0.4, 0.5) is 5.69 Å². The second-order valence-electron chi connectivity index (χ2n) is 9.70. The molecule has 0 aliphatic carbocycles. The molecule has 2 atom stereocenters. The van der Waals surface area contributed by atoms with Crippen molar-refractivity contribution < 1.29 is 0 Å². The maximum atomic E-state index is 13.7. The van der Waals surface area contributed by atoms with Crippen molar-refractivity contribution in [2.45, 2.75) is 45.8 Å². The third-order valence-electron chi connectivity index (χ3n) is 7.39. The van der Waals surface area contributed by atoms with Gasteiger partial charge < -0.3 is 9.88 Å². The highest BCUT2D eigenvalue weighted by Crippen LogP contribution is 2.40. The predicted octanol–water partition coefficient (Wildman–Crippen LogP) is 4.72. The lowest BCUT2D eigenvalue weighted by Gasteiger charge is -2.33. The fourth-order valence-corrected chi connectivity index (χ4v) is 5.42. The Hall–Kier alpha value is -4.26. The smallest absolute Gasteiger partial charge is 0.254 e. The lowest BCUT2D eigenvalue weighted by Crippen LogP contribution is -2.39. The average Bonchev–Trinajstić information content (AvgIpc) is 3.47. The lowest BCUT2D eigenvalue weighted by atomic mass is 9.99. The minimum atomic E-state index is -0.447. The molecule has 0 saturated carbocycles. The number of anilines is 1. The number of aromatic nitrogens is 5. The molecule has 1 aliphatic rings. The molecule has 0 bridgehead atoms. The fraction of sp³-hybridized carbons (Fsp3) is 0.241. The number of pyridine rings is 1. The molecule has 0 unspecified atom stereocenters. The van der Waals surface area contributed by atoms with Gasteiger partial charge in [-0.15, -0.1) is 5.10 Å². The van der Waals surface area contributed by atoms with Crippen molar-refractivity contribution in [2.24, 2.45) is 0 Å². The summed E-state index contributed by atoms with van der Waals surface area (Å²) in [5, 5.41) is 13.9. The van der Waals surface area contributed by atoms with E-state index < -0.39 is 6.04 Å². The second-order valence-corrected chi connectivity index (χ2v) is 9.70. The molecule has 0 radical (unpaired) electrons. The first-order valence-electron chi connectivity index (χ1n) is 12.3. The first-order chi connectivity index (χ1) is 17.5. The number of para-hydroxylation sites is 1. The number of aryl methyl sites for hydroxylation is 2. The number of nitrogens with zero attached hydrogens (tertiary/aromatic N) is 5. The number of nitrogens with one attached hydrogen (secondary N) is 1. The van der Waals surface area contributed by atoms with Crippen LogP contribution in [0.5, 0.6) is 0 Å². The molecule has 0 saturated heterocycles. The molecular weight excluding hydrogens is 448 g/mol. The van der Waals surface area contributed by atoms with E-state index in [1.54, 1.807) is 0 Å². The van der Waals surface area contributed by atoms with Crippen molar-refractivity contribution in [1.29, 1.82) is 0 Å². The van der Waals surface area contributed by atoms with Crippen LogP contribution in [0, 0.1) is 13.8 Å². The van der Waals surface area contributed by atoms with Crippen LogP contribution in [-0.2, 0) is 13.0 Å². The van der Waals surface area contributed by atoms with E-state index in [1.165, 1.54) is 5.56 Å². The third kappa shape index (κ3) is 3.68. The molecule has 36 heavy (non-hydrogen) atoms. The largest absolute Gasteiger partial charge is 0.354 e. The van der Waals surface area contributed by atoms with E-state index in [1.807, 2.05) is 41.9 Å². The Bertz CT molecular complexity index is 1620. The summed E-state index contributed by atoms with van der Waals surface area (Å²) in [4.78, 5) is 19.2. The van der Waals surface area contributed by atoms with Crippen LogP contribution in [0.25, 0.3) is 10.9 Å². The van der Waals surface area contributed by atoms with Gasteiger partial charge in [0, 0.05) is 17.3 Å². The molecule has 1 N–H and O–H groups in total. The minimum absolute atomic E-state index is 0.118. The molecule has 3 aromatic carbocycles. The van der Waals surface area contributed by atoms with Gasteiger partial charge in [-0.3, -0.25) is 4.79 Å². The SMILES string of the molecule is Cc1ccc2cc([C@@H](c3nnnn3Cc3ccccc3)N3c4ccccc4C[C@@H]3C)c(=O)[nH]c2c1C. The molecule has 6 rings (SSSR count). The summed E-state index contributed by atoms with van der Waals surface area (Å²) < 4.78 is 1.82. The van der Waals surface area contributed by atoms with Crippen molar-refractivity contribution in [2.75, 3.05) is 4.90 Å². The van der Waals surface area contributed by atoms with Gasteiger partial charge in [-0.25, -0.2) is 4.68 Å². The van der Waals surface area contributed by atoms with Gasteiger partial charge in [0.1, 0.15) is 6.04 Å². The van der Waals surface area contributed by atoms with Gasteiger partial charge in [0.25, 0.3) is 5.56 Å². The Morgan fingerprint density at radius 2 is 1.81 bits per heavy atom. The molecule has 180 valence electrons. The topological polar surface area (TPSA) is 79.7 Å². The Kier molecular flexibility index (Phi) is 5.40. The Balaban J connectivity index is 1.56. The monoisotopic (exact) mass is 476 g/mol. The van der Waals surface area contributed by atoms with E-state index in [0.717, 1.165) is 39.7 Å². The molecule has 7 nitrogen and oxygen atoms in total. The molecule has 0 fully saturated rings. The highest BCUT2D eigenvalue weighted by atomic mass is 16.1. The van der Waals surface area contributed by atoms with Gasteiger partial charge in [-0.05, 0) is 77.4 Å². The third-order valence-corrected chi connectivity index (χ3v) is 7.39. The molecule has 0 spiro atoms. The van der Waals surface area contributed by atoms with E-state index >= 15 is 0 Å². The molecular formula is C29H28N6O. The number of hydrogen-bond donors (Lipinski definition) is 1. The van der Waals surface area contributed by atoms with E-state index in [4.69, 9.17) is 0 Å². The summed E-state index contributed by atoms with van der Waals surface area (Å²) in [5.41, 5.74) is 7.10. The van der Waals surface area contributed by atoms with Gasteiger partial charge in [0.2, 0.25) is 0 Å². The van der Waals surface area contributed by atoms with E-state index in [2.05, 4.69) is 81.7 Å². The minimum Gasteiger partial charge on any atom is -0.354 e. The van der Waals surface area contributed by atoms with Crippen LogP contribution in [0.15, 0.2) is 77.6 Å². The predicted molar refractivity (Wildman–Crippen MR) is 141 cm³/mol. The summed E-state index contributed by atoms with van der Waals surface area (Å²) in [5.74, 6) is 0.649. The number of hydrogen-bond acceptors (Lipinski definition) is 5. The van der Waals surface area contributed by atoms with E-state index in [0.29, 0.717) is 17.9 Å². The lowest BCUT2D eigenvalue weighted by molar-refractivity contribution is 0.544. The van der Waals surface area contributed by atoms with E-state index in [-0.39, 0.29) is 11.6 Å². The summed E-state index contributed by atoms with van der Waals surface area (Å²) >= 11 is 0. The molecule has 2 aromatic heterocycles.